The second-order valence-electron chi connectivity index (χ2n) is 3.63. The number of hydrogen-bond donors (Lipinski definition) is 1. The normalized spacial score (nSPS) is 10.6. The highest BCUT2D eigenvalue weighted by Crippen LogP contribution is 2.30. The topological polar surface area (TPSA) is 26.0 Å². The molecule has 2 aromatic rings. The average Bonchev–Trinajstić information content (AvgIpc) is 2.27. The highest BCUT2D eigenvalue weighted by molar-refractivity contribution is 6.35. The second kappa shape index (κ2) is 5.05. The zero-order chi connectivity index (χ0) is 12.4. The maximum absolute atomic E-state index is 13.6. The van der Waals surface area contributed by atoms with Gasteiger partial charge < -0.3 is 5.73 Å². The zero-order valence-electron chi connectivity index (χ0n) is 8.88. The van der Waals surface area contributed by atoms with Gasteiger partial charge in [-0.2, -0.15) is 0 Å². The van der Waals surface area contributed by atoms with Crippen molar-refractivity contribution >= 4 is 23.2 Å². The standard InChI is InChI=1S/C13H10Cl2FN/c14-9-4-8(5-10(15)6-9)11-2-1-3-13(16)12(11)7-17/h1-6H,7,17H2. The molecule has 0 spiro atoms. The third-order valence-electron chi connectivity index (χ3n) is 2.50. The van der Waals surface area contributed by atoms with E-state index >= 15 is 0 Å². The molecule has 4 heteroatoms. The summed E-state index contributed by atoms with van der Waals surface area (Å²) in [6, 6.07) is 9.93. The van der Waals surface area contributed by atoms with Crippen molar-refractivity contribution in [3.05, 3.63) is 57.8 Å². The van der Waals surface area contributed by atoms with Gasteiger partial charge in [0.1, 0.15) is 5.82 Å². The molecule has 0 aliphatic heterocycles. The summed E-state index contributed by atoms with van der Waals surface area (Å²) in [4.78, 5) is 0. The van der Waals surface area contributed by atoms with Crippen LogP contribution in [0.4, 0.5) is 4.39 Å². The van der Waals surface area contributed by atoms with Gasteiger partial charge in [-0.05, 0) is 35.4 Å². The molecule has 2 N–H and O–H groups in total. The van der Waals surface area contributed by atoms with Crippen molar-refractivity contribution in [3.63, 3.8) is 0 Å². The number of hydrogen-bond acceptors (Lipinski definition) is 1. The molecule has 0 saturated carbocycles. The van der Waals surface area contributed by atoms with Gasteiger partial charge in [0.15, 0.2) is 0 Å². The van der Waals surface area contributed by atoms with Crippen LogP contribution >= 0.6 is 23.2 Å². The molecule has 1 nitrogen and oxygen atoms in total. The number of benzene rings is 2. The molecule has 0 radical (unpaired) electrons. The summed E-state index contributed by atoms with van der Waals surface area (Å²) >= 11 is 11.9. The third-order valence-corrected chi connectivity index (χ3v) is 2.93. The smallest absolute Gasteiger partial charge is 0.128 e. The van der Waals surface area contributed by atoms with Crippen molar-refractivity contribution in [2.24, 2.45) is 5.73 Å². The van der Waals surface area contributed by atoms with Crippen LogP contribution in [0.15, 0.2) is 36.4 Å². The lowest BCUT2D eigenvalue weighted by Crippen LogP contribution is -2.02. The van der Waals surface area contributed by atoms with Crippen LogP contribution in [0.1, 0.15) is 5.56 Å². The molecule has 0 amide bonds. The molecule has 88 valence electrons. The molecule has 0 bridgehead atoms. The van der Waals surface area contributed by atoms with Crippen LogP contribution in [0.2, 0.25) is 10.0 Å². The molecule has 0 atom stereocenters. The van der Waals surface area contributed by atoms with Gasteiger partial charge in [0.05, 0.1) is 0 Å². The van der Waals surface area contributed by atoms with E-state index < -0.39 is 0 Å². The molecule has 2 rings (SSSR count). The Morgan fingerprint density at radius 1 is 1.06 bits per heavy atom. The molecule has 0 aromatic heterocycles. The third kappa shape index (κ3) is 2.60. The Hall–Kier alpha value is -1.09. The first kappa shape index (κ1) is 12.4. The fourth-order valence-electron chi connectivity index (χ4n) is 1.75. The van der Waals surface area contributed by atoms with Gasteiger partial charge in [0.2, 0.25) is 0 Å². The molecule has 0 heterocycles. The first-order valence-electron chi connectivity index (χ1n) is 5.05. The maximum Gasteiger partial charge on any atom is 0.128 e. The summed E-state index contributed by atoms with van der Waals surface area (Å²) in [5, 5.41) is 1.03. The summed E-state index contributed by atoms with van der Waals surface area (Å²) < 4.78 is 13.6. The fourth-order valence-corrected chi connectivity index (χ4v) is 2.27. The van der Waals surface area contributed by atoms with Gasteiger partial charge in [-0.3, -0.25) is 0 Å². The Bertz CT molecular complexity index is 535. The van der Waals surface area contributed by atoms with Gasteiger partial charge in [-0.25, -0.2) is 4.39 Å². The predicted molar refractivity (Wildman–Crippen MR) is 69.7 cm³/mol. The van der Waals surface area contributed by atoms with Crippen molar-refractivity contribution in [1.82, 2.24) is 0 Å². The average molecular weight is 270 g/mol. The van der Waals surface area contributed by atoms with Crippen molar-refractivity contribution in [2.75, 3.05) is 0 Å². The molecule has 0 saturated heterocycles. The van der Waals surface area contributed by atoms with Gasteiger partial charge in [-0.15, -0.1) is 0 Å². The van der Waals surface area contributed by atoms with Gasteiger partial charge in [-0.1, -0.05) is 35.3 Å². The van der Waals surface area contributed by atoms with E-state index in [0.717, 1.165) is 11.1 Å². The maximum atomic E-state index is 13.6. The molecular weight excluding hydrogens is 260 g/mol. The lowest BCUT2D eigenvalue weighted by molar-refractivity contribution is 0.611. The van der Waals surface area contributed by atoms with Crippen LogP contribution < -0.4 is 5.73 Å². The largest absolute Gasteiger partial charge is 0.326 e. The monoisotopic (exact) mass is 269 g/mol. The van der Waals surface area contributed by atoms with Crippen LogP contribution in [-0.2, 0) is 6.54 Å². The minimum absolute atomic E-state index is 0.131. The van der Waals surface area contributed by atoms with E-state index in [1.165, 1.54) is 6.07 Å². The Morgan fingerprint density at radius 2 is 1.71 bits per heavy atom. The van der Waals surface area contributed by atoms with Crippen LogP contribution in [0.3, 0.4) is 0 Å². The summed E-state index contributed by atoms with van der Waals surface area (Å²) in [5.74, 6) is -0.318. The van der Waals surface area contributed by atoms with E-state index in [1.54, 1.807) is 30.3 Å². The first-order chi connectivity index (χ1) is 8.11. The van der Waals surface area contributed by atoms with E-state index in [4.69, 9.17) is 28.9 Å². The Labute approximate surface area is 109 Å². The van der Waals surface area contributed by atoms with E-state index in [0.29, 0.717) is 15.6 Å². The minimum Gasteiger partial charge on any atom is -0.326 e. The van der Waals surface area contributed by atoms with Crippen molar-refractivity contribution in [3.8, 4) is 11.1 Å². The fraction of sp³-hybridized carbons (Fsp3) is 0.0769. The molecular formula is C13H10Cl2FN. The first-order valence-corrected chi connectivity index (χ1v) is 5.81. The van der Waals surface area contributed by atoms with Crippen LogP contribution in [-0.4, -0.2) is 0 Å². The highest BCUT2D eigenvalue weighted by atomic mass is 35.5. The van der Waals surface area contributed by atoms with Crippen molar-refractivity contribution in [1.29, 1.82) is 0 Å². The molecule has 0 aliphatic rings. The van der Waals surface area contributed by atoms with E-state index in [2.05, 4.69) is 0 Å². The van der Waals surface area contributed by atoms with E-state index in [9.17, 15) is 4.39 Å². The number of halogens is 3. The zero-order valence-corrected chi connectivity index (χ0v) is 10.4. The summed E-state index contributed by atoms with van der Waals surface area (Å²) in [7, 11) is 0. The lowest BCUT2D eigenvalue weighted by atomic mass is 9.99. The molecule has 17 heavy (non-hydrogen) atoms. The van der Waals surface area contributed by atoms with E-state index in [-0.39, 0.29) is 12.4 Å². The van der Waals surface area contributed by atoms with Gasteiger partial charge in [0, 0.05) is 22.2 Å². The molecule has 0 unspecified atom stereocenters. The predicted octanol–water partition coefficient (Wildman–Crippen LogP) is 4.26. The summed E-state index contributed by atoms with van der Waals surface area (Å²) in [5.41, 5.74) is 7.51. The second-order valence-corrected chi connectivity index (χ2v) is 4.50. The SMILES string of the molecule is NCc1c(F)cccc1-c1cc(Cl)cc(Cl)c1. The molecule has 0 fully saturated rings. The van der Waals surface area contributed by atoms with Crippen LogP contribution in [0.5, 0.6) is 0 Å². The number of rotatable bonds is 2. The number of nitrogens with two attached hydrogens (primary N) is 1. The van der Waals surface area contributed by atoms with Gasteiger partial charge >= 0.3 is 0 Å². The quantitative estimate of drug-likeness (QED) is 0.866. The van der Waals surface area contributed by atoms with Crippen LogP contribution in [0.25, 0.3) is 11.1 Å². The Kier molecular flexibility index (Phi) is 3.67. The highest BCUT2D eigenvalue weighted by Gasteiger charge is 2.09. The Balaban J connectivity index is 2.63. The van der Waals surface area contributed by atoms with Crippen LogP contribution in [0, 0.1) is 5.82 Å². The van der Waals surface area contributed by atoms with E-state index in [1.807, 2.05) is 0 Å². The molecule has 2 aromatic carbocycles. The minimum atomic E-state index is -0.318. The summed E-state index contributed by atoms with van der Waals surface area (Å²) in [6.07, 6.45) is 0. The Morgan fingerprint density at radius 3 is 2.29 bits per heavy atom. The van der Waals surface area contributed by atoms with Crippen molar-refractivity contribution in [2.45, 2.75) is 6.54 Å². The van der Waals surface area contributed by atoms with Gasteiger partial charge in [0.25, 0.3) is 0 Å². The van der Waals surface area contributed by atoms with Crippen molar-refractivity contribution < 1.29 is 4.39 Å². The summed E-state index contributed by atoms with van der Waals surface area (Å²) in [6.45, 7) is 0.131. The lowest BCUT2D eigenvalue weighted by Gasteiger charge is -2.09. The molecule has 0 aliphatic carbocycles.